The summed E-state index contributed by atoms with van der Waals surface area (Å²) in [5.74, 6) is -2.58. The van der Waals surface area contributed by atoms with Gasteiger partial charge in [-0.2, -0.15) is 0 Å². The summed E-state index contributed by atoms with van der Waals surface area (Å²) in [6, 6.07) is 13.9. The second kappa shape index (κ2) is 10.9. The molecule has 0 radical (unpaired) electrons. The third kappa shape index (κ3) is 5.57. The molecule has 8 nitrogen and oxygen atoms in total. The van der Waals surface area contributed by atoms with E-state index in [1.165, 1.54) is 5.23 Å². The van der Waals surface area contributed by atoms with Crippen molar-refractivity contribution in [2.75, 3.05) is 36.6 Å². The van der Waals surface area contributed by atoms with Crippen LogP contribution in [0.15, 0.2) is 54.6 Å². The van der Waals surface area contributed by atoms with Gasteiger partial charge in [0.15, 0.2) is 11.6 Å². The summed E-state index contributed by atoms with van der Waals surface area (Å²) in [7, 11) is 0. The minimum Gasteiger partial charge on any atom is -0.491 e. The zero-order chi connectivity index (χ0) is 28.7. The molecule has 216 valence electrons. The normalized spacial score (nSPS) is 18.6. The highest BCUT2D eigenvalue weighted by Gasteiger charge is 2.47. The van der Waals surface area contributed by atoms with Crippen molar-refractivity contribution < 1.29 is 37.1 Å². The number of carbonyl (C=O) groups excluding carboxylic acids is 1. The maximum absolute atomic E-state index is 14.8. The lowest BCUT2D eigenvalue weighted by molar-refractivity contribution is -0.277. The summed E-state index contributed by atoms with van der Waals surface area (Å²) >= 11 is 0. The monoisotopic (exact) mass is 569 g/mol. The molecule has 3 aromatic carbocycles. The SMILES string of the molecule is CC(C)Oc1ccc(-c2cc(F)c(F)cc2F)c(CN2CCC3(CC2)CN(c2ccc(N4OCO4)cc2)C(=O)O3)c1. The minimum atomic E-state index is -1.23. The number of halogens is 3. The predicted molar refractivity (Wildman–Crippen MR) is 145 cm³/mol. The molecular weight excluding hydrogens is 539 g/mol. The van der Waals surface area contributed by atoms with Crippen LogP contribution in [0.2, 0.25) is 0 Å². The summed E-state index contributed by atoms with van der Waals surface area (Å²) in [6.45, 7) is 6.12. The Kier molecular flexibility index (Phi) is 7.27. The quantitative estimate of drug-likeness (QED) is 0.315. The van der Waals surface area contributed by atoms with Crippen LogP contribution in [-0.2, 0) is 21.0 Å². The maximum Gasteiger partial charge on any atom is 0.415 e. The van der Waals surface area contributed by atoms with Crippen LogP contribution in [0.4, 0.5) is 29.3 Å². The molecule has 3 aliphatic heterocycles. The molecule has 0 unspecified atom stereocenters. The fraction of sp³-hybridized carbons (Fsp3) is 0.367. The topological polar surface area (TPSA) is 63.7 Å². The number of likely N-dealkylation sites (tertiary alicyclic amines) is 1. The molecule has 3 aromatic rings. The summed E-state index contributed by atoms with van der Waals surface area (Å²) in [4.78, 5) is 27.0. The van der Waals surface area contributed by atoms with Crippen molar-refractivity contribution in [1.29, 1.82) is 0 Å². The highest BCUT2D eigenvalue weighted by Crippen LogP contribution is 2.38. The van der Waals surface area contributed by atoms with Gasteiger partial charge < -0.3 is 9.47 Å². The molecule has 0 aliphatic carbocycles. The van der Waals surface area contributed by atoms with Crippen LogP contribution in [0.5, 0.6) is 5.75 Å². The molecule has 0 atom stereocenters. The third-order valence-electron chi connectivity index (χ3n) is 7.59. The fourth-order valence-electron chi connectivity index (χ4n) is 5.49. The Balaban J connectivity index is 1.16. The van der Waals surface area contributed by atoms with Crippen LogP contribution in [0, 0.1) is 17.5 Å². The van der Waals surface area contributed by atoms with E-state index in [9.17, 15) is 18.0 Å². The minimum absolute atomic E-state index is 0.0120. The first-order valence-corrected chi connectivity index (χ1v) is 13.5. The molecule has 3 heterocycles. The van der Waals surface area contributed by atoms with E-state index >= 15 is 0 Å². The van der Waals surface area contributed by atoms with Crippen LogP contribution in [0.25, 0.3) is 11.1 Å². The van der Waals surface area contributed by atoms with Crippen LogP contribution in [-0.4, -0.2) is 49.1 Å². The number of carbonyl (C=O) groups is 1. The van der Waals surface area contributed by atoms with Crippen molar-refractivity contribution in [3.63, 3.8) is 0 Å². The smallest absolute Gasteiger partial charge is 0.415 e. The van der Waals surface area contributed by atoms with E-state index in [1.54, 1.807) is 29.2 Å². The molecule has 0 N–H and O–H groups in total. The molecular formula is C30H30F3N3O5. The molecule has 1 spiro atoms. The zero-order valence-electron chi connectivity index (χ0n) is 22.7. The number of benzene rings is 3. The predicted octanol–water partition coefficient (Wildman–Crippen LogP) is 6.19. The first-order valence-electron chi connectivity index (χ1n) is 13.5. The number of hydrogen-bond acceptors (Lipinski definition) is 7. The molecule has 6 rings (SSSR count). The lowest BCUT2D eigenvalue weighted by Gasteiger charge is -2.37. The molecule has 11 heteroatoms. The summed E-state index contributed by atoms with van der Waals surface area (Å²) in [6.07, 6.45) is 0.758. The van der Waals surface area contributed by atoms with E-state index < -0.39 is 29.1 Å². The van der Waals surface area contributed by atoms with Gasteiger partial charge >= 0.3 is 6.09 Å². The van der Waals surface area contributed by atoms with Crippen LogP contribution in [0.1, 0.15) is 32.3 Å². The van der Waals surface area contributed by atoms with E-state index in [4.69, 9.17) is 19.1 Å². The van der Waals surface area contributed by atoms with Gasteiger partial charge in [0.2, 0.25) is 6.79 Å². The Hall–Kier alpha value is -3.80. The van der Waals surface area contributed by atoms with Crippen molar-refractivity contribution >= 4 is 17.5 Å². The molecule has 0 saturated carbocycles. The lowest BCUT2D eigenvalue weighted by Crippen LogP contribution is -2.46. The number of hydrogen-bond donors (Lipinski definition) is 0. The molecule has 3 saturated heterocycles. The lowest BCUT2D eigenvalue weighted by atomic mass is 9.90. The van der Waals surface area contributed by atoms with E-state index in [-0.39, 0.29) is 18.5 Å². The Morgan fingerprint density at radius 1 is 0.878 bits per heavy atom. The average molecular weight is 570 g/mol. The first kappa shape index (κ1) is 27.4. The average Bonchev–Trinajstić information content (AvgIpc) is 3.23. The number of anilines is 2. The van der Waals surface area contributed by atoms with Gasteiger partial charge in [0.05, 0.1) is 18.3 Å². The van der Waals surface area contributed by atoms with E-state index in [1.807, 2.05) is 32.0 Å². The molecule has 1 amide bonds. The first-order chi connectivity index (χ1) is 19.7. The van der Waals surface area contributed by atoms with Gasteiger partial charge in [-0.1, -0.05) is 6.07 Å². The Morgan fingerprint density at radius 3 is 2.22 bits per heavy atom. The van der Waals surface area contributed by atoms with Gasteiger partial charge in [0.25, 0.3) is 0 Å². The second-order valence-corrected chi connectivity index (χ2v) is 10.8. The molecule has 0 aromatic heterocycles. The van der Waals surface area contributed by atoms with Crippen molar-refractivity contribution in [3.05, 3.63) is 77.6 Å². The third-order valence-corrected chi connectivity index (χ3v) is 7.59. The number of piperidine rings is 1. The molecule has 41 heavy (non-hydrogen) atoms. The molecule has 3 fully saturated rings. The summed E-state index contributed by atoms with van der Waals surface area (Å²) < 4.78 is 54.2. The van der Waals surface area contributed by atoms with Crippen molar-refractivity contribution in [1.82, 2.24) is 4.90 Å². The Bertz CT molecular complexity index is 1440. The van der Waals surface area contributed by atoms with Crippen molar-refractivity contribution in [3.8, 4) is 16.9 Å². The standard InChI is InChI=1S/C30H30F3N3O5/c1-19(2)40-23-7-8-24(25-14-27(32)28(33)15-26(25)31)20(13-23)16-34-11-9-30(10-12-34)17-35(29(37)41-30)21-3-5-22(6-4-21)36-38-18-39-36/h3-8,13-15,19H,9-12,16-18H2,1-2H3. The fourth-order valence-corrected chi connectivity index (χ4v) is 5.49. The van der Waals surface area contributed by atoms with Gasteiger partial charge in [-0.3, -0.25) is 9.80 Å². The maximum atomic E-state index is 14.8. The van der Waals surface area contributed by atoms with Gasteiger partial charge in [-0.05, 0) is 67.4 Å². The van der Waals surface area contributed by atoms with Gasteiger partial charge in [-0.25, -0.2) is 27.6 Å². The van der Waals surface area contributed by atoms with Crippen LogP contribution < -0.4 is 14.9 Å². The van der Waals surface area contributed by atoms with Gasteiger partial charge in [-0.15, -0.1) is 5.23 Å². The van der Waals surface area contributed by atoms with E-state index in [0.717, 1.165) is 23.0 Å². The summed E-state index contributed by atoms with van der Waals surface area (Å²) in [5.41, 5.74) is 2.01. The Morgan fingerprint density at radius 2 is 1.56 bits per heavy atom. The van der Waals surface area contributed by atoms with Crippen molar-refractivity contribution in [2.24, 2.45) is 0 Å². The molecule has 3 aliphatic rings. The number of nitrogens with zero attached hydrogens (tertiary/aromatic N) is 3. The number of rotatable bonds is 7. The van der Waals surface area contributed by atoms with Crippen LogP contribution in [0.3, 0.4) is 0 Å². The summed E-state index contributed by atoms with van der Waals surface area (Å²) in [5, 5.41) is 1.31. The van der Waals surface area contributed by atoms with E-state index in [0.29, 0.717) is 56.4 Å². The van der Waals surface area contributed by atoms with Crippen LogP contribution >= 0.6 is 0 Å². The number of ether oxygens (including phenoxy) is 2. The highest BCUT2D eigenvalue weighted by molar-refractivity contribution is 5.90. The Labute approximate surface area is 235 Å². The second-order valence-electron chi connectivity index (χ2n) is 10.8. The largest absolute Gasteiger partial charge is 0.491 e. The number of amides is 1. The van der Waals surface area contributed by atoms with E-state index in [2.05, 4.69) is 4.90 Å². The van der Waals surface area contributed by atoms with Gasteiger partial charge in [0.1, 0.15) is 17.2 Å². The zero-order valence-corrected chi connectivity index (χ0v) is 22.7. The van der Waals surface area contributed by atoms with Crippen molar-refractivity contribution in [2.45, 2.75) is 44.9 Å². The van der Waals surface area contributed by atoms with Gasteiger partial charge in [0, 0.05) is 49.8 Å². The highest BCUT2D eigenvalue weighted by atomic mass is 19.2. The molecule has 0 bridgehead atoms.